The molecule has 138 valence electrons. The molecule has 23 heavy (non-hydrogen) atoms. The maximum absolute atomic E-state index is 11.3. The summed E-state index contributed by atoms with van der Waals surface area (Å²) >= 11 is 0. The Kier molecular flexibility index (Phi) is 19.6. The van der Waals surface area contributed by atoms with Gasteiger partial charge < -0.3 is 15.6 Å². The third-order valence-corrected chi connectivity index (χ3v) is 3.35. The van der Waals surface area contributed by atoms with Crippen LogP contribution >= 0.6 is 0 Å². The Morgan fingerprint density at radius 2 is 1.22 bits per heavy atom. The molecule has 0 atom stereocenters. The second-order valence-electron chi connectivity index (χ2n) is 6.16. The summed E-state index contributed by atoms with van der Waals surface area (Å²) in [6, 6.07) is 0. The van der Waals surface area contributed by atoms with Crippen molar-refractivity contribution in [3.05, 3.63) is 0 Å². The topological polar surface area (TPSA) is 89.6 Å². The van der Waals surface area contributed by atoms with Crippen LogP contribution in [0.2, 0.25) is 0 Å². The highest BCUT2D eigenvalue weighted by atomic mass is 16.5. The molecule has 0 spiro atoms. The molecule has 0 aliphatic carbocycles. The molecule has 0 saturated carbocycles. The van der Waals surface area contributed by atoms with Gasteiger partial charge in [-0.3, -0.25) is 4.79 Å². The molecule has 5 nitrogen and oxygen atoms in total. The Balaban J connectivity index is 0. The molecule has 0 rings (SSSR count). The first-order valence-corrected chi connectivity index (χ1v) is 9.08. The van der Waals surface area contributed by atoms with Crippen molar-refractivity contribution in [2.75, 3.05) is 0 Å². The third-order valence-electron chi connectivity index (χ3n) is 3.35. The molecule has 0 bridgehead atoms. The van der Waals surface area contributed by atoms with E-state index in [0.717, 1.165) is 6.42 Å². The number of unbranched alkanes of at least 4 members (excludes halogenated alkanes) is 10. The summed E-state index contributed by atoms with van der Waals surface area (Å²) in [6.07, 6.45) is 13.7. The van der Waals surface area contributed by atoms with Gasteiger partial charge in [-0.1, -0.05) is 71.1 Å². The Labute approximate surface area is 142 Å². The summed E-state index contributed by atoms with van der Waals surface area (Å²) in [5.74, 6) is -0.0362. The molecule has 5 heteroatoms. The van der Waals surface area contributed by atoms with Crippen molar-refractivity contribution in [2.45, 2.75) is 104 Å². The highest BCUT2D eigenvalue weighted by Crippen LogP contribution is 2.12. The highest BCUT2D eigenvalue weighted by molar-refractivity contribution is 5.69. The van der Waals surface area contributed by atoms with E-state index in [-0.39, 0.29) is 12.1 Å². The number of rotatable bonds is 13. The number of amides is 1. The second-order valence-corrected chi connectivity index (χ2v) is 6.16. The average molecular weight is 331 g/mol. The van der Waals surface area contributed by atoms with Crippen LogP contribution in [0.1, 0.15) is 97.8 Å². The average Bonchev–Trinajstić information content (AvgIpc) is 2.43. The van der Waals surface area contributed by atoms with Crippen LogP contribution in [0.15, 0.2) is 0 Å². The summed E-state index contributed by atoms with van der Waals surface area (Å²) in [7, 11) is 0. The fourth-order valence-corrected chi connectivity index (χ4v) is 2.26. The van der Waals surface area contributed by atoms with E-state index in [1.54, 1.807) is 0 Å². The number of hydrogen-bond donors (Lipinski definition) is 2. The van der Waals surface area contributed by atoms with Crippen molar-refractivity contribution in [1.29, 1.82) is 0 Å². The number of esters is 1. The van der Waals surface area contributed by atoms with E-state index in [1.807, 2.05) is 13.8 Å². The lowest BCUT2D eigenvalue weighted by Gasteiger charge is -2.07. The minimum Gasteiger partial charge on any atom is -0.465 e. The molecule has 0 aromatic rings. The summed E-state index contributed by atoms with van der Waals surface area (Å²) in [5.41, 5.74) is 4.03. The molecule has 0 heterocycles. The number of carbonyl (C=O) groups is 2. The van der Waals surface area contributed by atoms with Gasteiger partial charge in [-0.25, -0.2) is 4.79 Å². The zero-order valence-corrected chi connectivity index (χ0v) is 15.3. The number of carbonyl (C=O) groups excluding carboxylic acids is 1. The maximum atomic E-state index is 11.3. The molecule has 0 aliphatic rings. The van der Waals surface area contributed by atoms with Crippen LogP contribution in [-0.2, 0) is 9.53 Å². The van der Waals surface area contributed by atoms with Crippen LogP contribution in [0.4, 0.5) is 4.79 Å². The molecule has 1 amide bonds. The molecule has 0 aromatic heterocycles. The third kappa shape index (κ3) is 29.4. The lowest BCUT2D eigenvalue weighted by molar-refractivity contribution is -0.147. The number of primary amides is 1. The first-order valence-electron chi connectivity index (χ1n) is 9.08. The zero-order valence-electron chi connectivity index (χ0n) is 15.3. The van der Waals surface area contributed by atoms with E-state index in [1.165, 1.54) is 64.2 Å². The van der Waals surface area contributed by atoms with E-state index in [9.17, 15) is 4.79 Å². The monoisotopic (exact) mass is 331 g/mol. The van der Waals surface area contributed by atoms with Gasteiger partial charge in [0.25, 0.3) is 0 Å². The number of ether oxygens (including phenoxy) is 1. The van der Waals surface area contributed by atoms with Gasteiger partial charge in [0, 0.05) is 6.42 Å². The Bertz CT molecular complexity index is 276. The maximum Gasteiger partial charge on any atom is 0.402 e. The van der Waals surface area contributed by atoms with Crippen molar-refractivity contribution in [3.63, 3.8) is 0 Å². The Morgan fingerprint density at radius 3 is 1.57 bits per heavy atom. The predicted molar refractivity (Wildman–Crippen MR) is 94.5 cm³/mol. The molecule has 0 radical (unpaired) electrons. The Hall–Kier alpha value is -1.26. The summed E-state index contributed by atoms with van der Waals surface area (Å²) in [6.45, 7) is 6.06. The van der Waals surface area contributed by atoms with Gasteiger partial charge in [0.2, 0.25) is 0 Å². The van der Waals surface area contributed by atoms with Gasteiger partial charge in [-0.2, -0.15) is 0 Å². The van der Waals surface area contributed by atoms with E-state index in [2.05, 4.69) is 12.7 Å². The summed E-state index contributed by atoms with van der Waals surface area (Å²) in [4.78, 5) is 20.1. The van der Waals surface area contributed by atoms with Crippen LogP contribution in [0, 0.1) is 0 Å². The van der Waals surface area contributed by atoms with E-state index in [4.69, 9.17) is 14.6 Å². The van der Waals surface area contributed by atoms with Gasteiger partial charge in [-0.05, 0) is 20.3 Å². The van der Waals surface area contributed by atoms with Crippen LogP contribution in [0.5, 0.6) is 0 Å². The normalized spacial score (nSPS) is 10.1. The lowest BCUT2D eigenvalue weighted by Crippen LogP contribution is -2.10. The summed E-state index contributed by atoms with van der Waals surface area (Å²) < 4.78 is 5.10. The smallest absolute Gasteiger partial charge is 0.402 e. The van der Waals surface area contributed by atoms with Crippen molar-refractivity contribution in [3.8, 4) is 0 Å². The van der Waals surface area contributed by atoms with E-state index in [0.29, 0.717) is 6.42 Å². The van der Waals surface area contributed by atoms with Gasteiger partial charge in [0.1, 0.15) is 0 Å². The van der Waals surface area contributed by atoms with Crippen molar-refractivity contribution in [1.82, 2.24) is 0 Å². The fourth-order valence-electron chi connectivity index (χ4n) is 2.26. The van der Waals surface area contributed by atoms with Crippen molar-refractivity contribution < 1.29 is 19.4 Å². The lowest BCUT2D eigenvalue weighted by atomic mass is 10.1. The minimum atomic E-state index is -1.33. The largest absolute Gasteiger partial charge is 0.465 e. The number of carboxylic acid groups (broad SMARTS) is 1. The molecule has 3 N–H and O–H groups in total. The molecular weight excluding hydrogens is 294 g/mol. The highest BCUT2D eigenvalue weighted by Gasteiger charge is 2.04. The molecule has 0 unspecified atom stereocenters. The van der Waals surface area contributed by atoms with Crippen LogP contribution in [0.25, 0.3) is 0 Å². The Morgan fingerprint density at radius 1 is 0.870 bits per heavy atom. The zero-order chi connectivity index (χ0) is 17.9. The molecule has 0 fully saturated rings. The van der Waals surface area contributed by atoms with E-state index >= 15 is 0 Å². The quantitative estimate of drug-likeness (QED) is 0.356. The molecule has 0 saturated heterocycles. The SMILES string of the molecule is CCCCCCCCCCCCCC(=O)OC(C)C.NC(=O)O. The molecular formula is C18H37NO4. The molecule has 0 aliphatic heterocycles. The van der Waals surface area contributed by atoms with Crippen LogP contribution in [-0.4, -0.2) is 23.3 Å². The number of hydrogen-bond acceptors (Lipinski definition) is 3. The van der Waals surface area contributed by atoms with Crippen molar-refractivity contribution >= 4 is 12.1 Å². The van der Waals surface area contributed by atoms with Crippen LogP contribution in [0.3, 0.4) is 0 Å². The fraction of sp³-hybridized carbons (Fsp3) is 0.889. The molecule has 0 aromatic carbocycles. The minimum absolute atomic E-state index is 0.0280. The van der Waals surface area contributed by atoms with E-state index < -0.39 is 6.09 Å². The van der Waals surface area contributed by atoms with Crippen molar-refractivity contribution in [2.24, 2.45) is 5.73 Å². The predicted octanol–water partition coefficient (Wildman–Crippen LogP) is 5.26. The first kappa shape index (κ1) is 24.0. The van der Waals surface area contributed by atoms with Gasteiger partial charge in [0.15, 0.2) is 0 Å². The van der Waals surface area contributed by atoms with Gasteiger partial charge in [0.05, 0.1) is 6.10 Å². The number of nitrogens with two attached hydrogens (primary N) is 1. The van der Waals surface area contributed by atoms with Crippen LogP contribution < -0.4 is 5.73 Å². The second kappa shape index (κ2) is 18.8. The summed E-state index contributed by atoms with van der Waals surface area (Å²) in [5, 5.41) is 7.19. The standard InChI is InChI=1S/C17H34O2.CH3NO2/c1-4-5-6-7-8-9-10-11-12-13-14-15-17(18)19-16(2)3;2-1(3)4/h16H,4-15H2,1-3H3;2H2,(H,3,4). The van der Waals surface area contributed by atoms with Gasteiger partial charge >= 0.3 is 12.1 Å². The first-order chi connectivity index (χ1) is 10.9. The van der Waals surface area contributed by atoms with Gasteiger partial charge in [-0.15, -0.1) is 0 Å².